The van der Waals surface area contributed by atoms with E-state index in [1.807, 2.05) is 32.0 Å². The summed E-state index contributed by atoms with van der Waals surface area (Å²) < 4.78 is 18.7. The number of anilines is 1. The lowest BCUT2D eigenvalue weighted by atomic mass is 10.1. The summed E-state index contributed by atoms with van der Waals surface area (Å²) in [6, 6.07) is 19.3. The number of H-pyrrole nitrogens is 1. The fraction of sp³-hybridized carbons (Fsp3) is 0.267. The summed E-state index contributed by atoms with van der Waals surface area (Å²) in [5, 5.41) is 1.00. The number of piperazine rings is 1. The standard InChI is InChI=1S/C30H30FN3O3/c1-20-3-12-27-26(19-20)21(2)29(32-27)30(36)37-25-10-4-22(5-11-25)28(35)13-14-33-15-17-34(18-16-33)24-8-6-23(31)7-9-24/h3-12,19,32H,13-18H2,1-2H3. The second-order valence-corrected chi connectivity index (χ2v) is 9.57. The first kappa shape index (κ1) is 24.7. The number of aryl methyl sites for hydroxylation is 2. The predicted molar refractivity (Wildman–Crippen MR) is 143 cm³/mol. The molecule has 0 amide bonds. The number of ketones is 1. The quantitative estimate of drug-likeness (QED) is 0.206. The zero-order valence-corrected chi connectivity index (χ0v) is 21.1. The average Bonchev–Trinajstić information content (AvgIpc) is 3.24. The summed E-state index contributed by atoms with van der Waals surface area (Å²) in [5.41, 5.74) is 4.93. The summed E-state index contributed by atoms with van der Waals surface area (Å²) in [5.74, 6) is -0.231. The van der Waals surface area contributed by atoms with Gasteiger partial charge < -0.3 is 14.6 Å². The van der Waals surface area contributed by atoms with Crippen LogP contribution in [0.15, 0.2) is 66.7 Å². The zero-order valence-electron chi connectivity index (χ0n) is 21.1. The van der Waals surface area contributed by atoms with E-state index in [-0.39, 0.29) is 11.6 Å². The van der Waals surface area contributed by atoms with Crippen LogP contribution in [0.2, 0.25) is 0 Å². The monoisotopic (exact) mass is 499 g/mol. The van der Waals surface area contributed by atoms with Gasteiger partial charge in [-0.15, -0.1) is 0 Å². The number of fused-ring (bicyclic) bond motifs is 1. The zero-order chi connectivity index (χ0) is 25.9. The van der Waals surface area contributed by atoms with Crippen molar-refractivity contribution in [1.29, 1.82) is 0 Å². The third kappa shape index (κ3) is 5.57. The van der Waals surface area contributed by atoms with Crippen LogP contribution in [-0.4, -0.2) is 54.4 Å². The Morgan fingerprint density at radius 2 is 1.62 bits per heavy atom. The Morgan fingerprint density at radius 1 is 0.919 bits per heavy atom. The molecule has 2 heterocycles. The van der Waals surface area contributed by atoms with E-state index in [4.69, 9.17) is 4.74 Å². The Bertz CT molecular complexity index is 1420. The highest BCUT2D eigenvalue weighted by Crippen LogP contribution is 2.24. The molecule has 0 spiro atoms. The number of aromatic nitrogens is 1. The first-order valence-corrected chi connectivity index (χ1v) is 12.5. The number of hydrogen-bond donors (Lipinski definition) is 1. The maximum atomic E-state index is 13.2. The molecule has 0 unspecified atom stereocenters. The Balaban J connectivity index is 1.12. The molecule has 4 aromatic rings. The minimum absolute atomic E-state index is 0.0562. The third-order valence-corrected chi connectivity index (χ3v) is 7.02. The summed E-state index contributed by atoms with van der Waals surface area (Å²) in [6.45, 7) is 8.00. The minimum atomic E-state index is -0.454. The molecule has 1 aliphatic rings. The molecule has 6 nitrogen and oxygen atoms in total. The van der Waals surface area contributed by atoms with Crippen molar-refractivity contribution in [1.82, 2.24) is 9.88 Å². The van der Waals surface area contributed by atoms with Crippen molar-refractivity contribution < 1.29 is 18.7 Å². The lowest BCUT2D eigenvalue weighted by Gasteiger charge is -2.36. The molecule has 0 bridgehead atoms. The van der Waals surface area contributed by atoms with Gasteiger partial charge in [0, 0.05) is 61.3 Å². The van der Waals surface area contributed by atoms with Crippen LogP contribution in [0.4, 0.5) is 10.1 Å². The number of Topliss-reactive ketones (excluding diaryl/α,β-unsaturated/α-hetero) is 1. The molecule has 37 heavy (non-hydrogen) atoms. The van der Waals surface area contributed by atoms with Crippen LogP contribution in [0.25, 0.3) is 10.9 Å². The van der Waals surface area contributed by atoms with Gasteiger partial charge in [-0.1, -0.05) is 11.6 Å². The van der Waals surface area contributed by atoms with Gasteiger partial charge in [0.05, 0.1) is 0 Å². The molecule has 1 N–H and O–H groups in total. The predicted octanol–water partition coefficient (Wildman–Crippen LogP) is 5.54. The van der Waals surface area contributed by atoms with E-state index in [0.717, 1.165) is 53.9 Å². The minimum Gasteiger partial charge on any atom is -0.422 e. The second-order valence-electron chi connectivity index (χ2n) is 9.57. The Morgan fingerprint density at radius 3 is 2.32 bits per heavy atom. The largest absolute Gasteiger partial charge is 0.422 e. The molecule has 1 fully saturated rings. The first-order valence-electron chi connectivity index (χ1n) is 12.5. The Labute approximate surface area is 215 Å². The van der Waals surface area contributed by atoms with Crippen LogP contribution in [0.5, 0.6) is 5.75 Å². The molecule has 0 saturated carbocycles. The Hall–Kier alpha value is -3.97. The molecule has 0 aliphatic carbocycles. The van der Waals surface area contributed by atoms with E-state index in [0.29, 0.717) is 30.0 Å². The van der Waals surface area contributed by atoms with Crippen molar-refractivity contribution in [2.75, 3.05) is 37.6 Å². The molecule has 7 heteroatoms. The molecular weight excluding hydrogens is 469 g/mol. The normalized spacial score (nSPS) is 14.2. The number of nitrogens with zero attached hydrogens (tertiary/aromatic N) is 2. The summed E-state index contributed by atoms with van der Waals surface area (Å²) in [6.07, 6.45) is 0.420. The van der Waals surface area contributed by atoms with Gasteiger partial charge in [-0.2, -0.15) is 0 Å². The van der Waals surface area contributed by atoms with E-state index < -0.39 is 5.97 Å². The van der Waals surface area contributed by atoms with Crippen LogP contribution in [0.3, 0.4) is 0 Å². The first-order chi connectivity index (χ1) is 17.9. The van der Waals surface area contributed by atoms with Gasteiger partial charge in [0.2, 0.25) is 0 Å². The number of halogens is 1. The van der Waals surface area contributed by atoms with Crippen LogP contribution in [0, 0.1) is 19.7 Å². The highest BCUT2D eigenvalue weighted by molar-refractivity contribution is 5.99. The van der Waals surface area contributed by atoms with Crippen molar-refractivity contribution in [3.05, 3.63) is 94.9 Å². The van der Waals surface area contributed by atoms with E-state index in [2.05, 4.69) is 14.8 Å². The number of carbonyl (C=O) groups is 2. The highest BCUT2D eigenvalue weighted by Gasteiger charge is 2.19. The number of ether oxygens (including phenoxy) is 1. The van der Waals surface area contributed by atoms with E-state index >= 15 is 0 Å². The van der Waals surface area contributed by atoms with E-state index in [1.165, 1.54) is 12.1 Å². The second kappa shape index (κ2) is 10.6. The van der Waals surface area contributed by atoms with Gasteiger partial charge in [0.15, 0.2) is 5.78 Å². The smallest absolute Gasteiger partial charge is 0.360 e. The van der Waals surface area contributed by atoms with Crippen LogP contribution >= 0.6 is 0 Å². The van der Waals surface area contributed by atoms with Gasteiger partial charge in [-0.05, 0) is 80.1 Å². The highest BCUT2D eigenvalue weighted by atomic mass is 19.1. The lowest BCUT2D eigenvalue weighted by Crippen LogP contribution is -2.46. The molecule has 0 atom stereocenters. The van der Waals surface area contributed by atoms with E-state index in [1.54, 1.807) is 36.4 Å². The molecule has 3 aromatic carbocycles. The topological polar surface area (TPSA) is 65.6 Å². The fourth-order valence-corrected chi connectivity index (χ4v) is 4.80. The summed E-state index contributed by atoms with van der Waals surface area (Å²) in [7, 11) is 0. The number of benzene rings is 3. The van der Waals surface area contributed by atoms with Gasteiger partial charge in [-0.3, -0.25) is 9.69 Å². The fourth-order valence-electron chi connectivity index (χ4n) is 4.80. The van der Waals surface area contributed by atoms with Crippen molar-refractivity contribution in [3.63, 3.8) is 0 Å². The molecule has 1 saturated heterocycles. The van der Waals surface area contributed by atoms with Crippen molar-refractivity contribution in [2.45, 2.75) is 20.3 Å². The third-order valence-electron chi connectivity index (χ3n) is 7.02. The van der Waals surface area contributed by atoms with Gasteiger partial charge >= 0.3 is 5.97 Å². The van der Waals surface area contributed by atoms with Gasteiger partial charge in [-0.25, -0.2) is 9.18 Å². The number of esters is 1. The summed E-state index contributed by atoms with van der Waals surface area (Å²) >= 11 is 0. The lowest BCUT2D eigenvalue weighted by molar-refractivity contribution is 0.0729. The van der Waals surface area contributed by atoms with Crippen molar-refractivity contribution in [2.24, 2.45) is 0 Å². The average molecular weight is 500 g/mol. The SMILES string of the molecule is Cc1ccc2[nH]c(C(=O)Oc3ccc(C(=O)CCN4CCN(c5ccc(F)cc5)CC4)cc3)c(C)c2c1. The Kier molecular flexibility index (Phi) is 7.06. The van der Waals surface area contributed by atoms with Gasteiger partial charge in [0.25, 0.3) is 0 Å². The van der Waals surface area contributed by atoms with Gasteiger partial charge in [0.1, 0.15) is 17.3 Å². The van der Waals surface area contributed by atoms with E-state index in [9.17, 15) is 14.0 Å². The molecule has 5 rings (SSSR count). The number of carbonyl (C=O) groups excluding carboxylic acids is 2. The molecule has 0 radical (unpaired) electrons. The van der Waals surface area contributed by atoms with Crippen LogP contribution in [0.1, 0.15) is 38.4 Å². The van der Waals surface area contributed by atoms with Crippen molar-refractivity contribution >= 4 is 28.3 Å². The van der Waals surface area contributed by atoms with Crippen LogP contribution in [-0.2, 0) is 0 Å². The number of aromatic amines is 1. The number of hydrogen-bond acceptors (Lipinski definition) is 5. The molecule has 1 aromatic heterocycles. The summed E-state index contributed by atoms with van der Waals surface area (Å²) in [4.78, 5) is 33.2. The molecule has 1 aliphatic heterocycles. The molecular formula is C30H30FN3O3. The maximum absolute atomic E-state index is 13.2. The number of rotatable bonds is 7. The van der Waals surface area contributed by atoms with Crippen molar-refractivity contribution in [3.8, 4) is 5.75 Å². The number of nitrogens with one attached hydrogen (secondary N) is 1. The molecule has 190 valence electrons. The van der Waals surface area contributed by atoms with Crippen LogP contribution < -0.4 is 9.64 Å². The maximum Gasteiger partial charge on any atom is 0.360 e.